The number of para-hydroxylation sites is 1. The van der Waals surface area contributed by atoms with Crippen molar-refractivity contribution in [2.75, 3.05) is 5.32 Å². The number of hydrogen-bond donors (Lipinski definition) is 1. The summed E-state index contributed by atoms with van der Waals surface area (Å²) in [5, 5.41) is 14.1. The van der Waals surface area contributed by atoms with E-state index in [1.807, 2.05) is 36.4 Å². The molecule has 3 nitrogen and oxygen atoms in total. The van der Waals surface area contributed by atoms with Crippen LogP contribution in [0.1, 0.15) is 5.56 Å². The first-order valence-corrected chi connectivity index (χ1v) is 6.46. The second-order valence-electron chi connectivity index (χ2n) is 4.31. The number of aromatic nitrogens is 1. The van der Waals surface area contributed by atoms with Crippen molar-refractivity contribution < 1.29 is 0 Å². The lowest BCUT2D eigenvalue weighted by Crippen LogP contribution is -1.96. The van der Waals surface area contributed by atoms with E-state index in [1.165, 1.54) is 0 Å². The molecule has 0 aliphatic rings. The normalized spacial score (nSPS) is 9.71. The molecule has 21 heavy (non-hydrogen) atoms. The highest BCUT2D eigenvalue weighted by Gasteiger charge is 2.08. The topological polar surface area (TPSA) is 48.7 Å². The molecule has 1 heterocycles. The molecule has 0 saturated heterocycles. The summed E-state index contributed by atoms with van der Waals surface area (Å²) in [4.78, 5) is 4.28. The van der Waals surface area contributed by atoms with Crippen molar-refractivity contribution >= 4 is 46.3 Å². The molecule has 0 atom stereocenters. The predicted octanol–water partition coefficient (Wildman–Crippen LogP) is 4.93. The summed E-state index contributed by atoms with van der Waals surface area (Å²) >= 11 is 5.88. The van der Waals surface area contributed by atoms with Gasteiger partial charge in [0.1, 0.15) is 6.07 Å². The van der Waals surface area contributed by atoms with E-state index >= 15 is 0 Å². The maximum absolute atomic E-state index is 9.25. The highest BCUT2D eigenvalue weighted by atomic mass is 35.5. The van der Waals surface area contributed by atoms with Gasteiger partial charge in [-0.3, -0.25) is 4.98 Å². The Morgan fingerprint density at radius 1 is 1.05 bits per heavy atom. The smallest absolute Gasteiger partial charge is 0.103 e. The van der Waals surface area contributed by atoms with Crippen LogP contribution in [0.25, 0.3) is 10.9 Å². The average molecular weight is 316 g/mol. The summed E-state index contributed by atoms with van der Waals surface area (Å²) in [6.45, 7) is 0. The lowest BCUT2D eigenvalue weighted by Gasteiger charge is -2.11. The van der Waals surface area contributed by atoms with Crippen LogP contribution in [0, 0.1) is 11.3 Å². The van der Waals surface area contributed by atoms with Crippen molar-refractivity contribution in [2.24, 2.45) is 0 Å². The summed E-state index contributed by atoms with van der Waals surface area (Å²) in [5.74, 6) is 0. The first-order valence-electron chi connectivity index (χ1n) is 6.08. The Bertz CT molecular complexity index is 808. The average Bonchev–Trinajstić information content (AvgIpc) is 2.50. The van der Waals surface area contributed by atoms with E-state index in [9.17, 15) is 5.26 Å². The summed E-state index contributed by atoms with van der Waals surface area (Å²) in [7, 11) is 0. The van der Waals surface area contributed by atoms with E-state index in [1.54, 1.807) is 18.3 Å². The van der Waals surface area contributed by atoms with Crippen LogP contribution in [0.5, 0.6) is 0 Å². The zero-order valence-electron chi connectivity index (χ0n) is 10.9. The number of pyridine rings is 1. The predicted molar refractivity (Wildman–Crippen MR) is 88.4 cm³/mol. The second kappa shape index (κ2) is 6.45. The zero-order valence-corrected chi connectivity index (χ0v) is 12.4. The highest BCUT2D eigenvalue weighted by molar-refractivity contribution is 6.30. The second-order valence-corrected chi connectivity index (χ2v) is 4.74. The van der Waals surface area contributed by atoms with Gasteiger partial charge < -0.3 is 5.32 Å². The van der Waals surface area contributed by atoms with Crippen molar-refractivity contribution in [2.45, 2.75) is 0 Å². The molecule has 0 radical (unpaired) electrons. The number of benzene rings is 2. The summed E-state index contributed by atoms with van der Waals surface area (Å²) in [5.41, 5.74) is 3.00. The molecule has 3 aromatic rings. The van der Waals surface area contributed by atoms with E-state index < -0.39 is 0 Å². The standard InChI is InChI=1S/C16H10ClN3.ClH/c17-12-5-7-13(8-6-12)20-16-11(9-18)10-19-15-4-2-1-3-14(15)16;/h1-8,10H,(H,19,20);1H. The van der Waals surface area contributed by atoms with Gasteiger partial charge in [0.25, 0.3) is 0 Å². The number of nitrogens with one attached hydrogen (secondary N) is 1. The first kappa shape index (κ1) is 15.1. The minimum absolute atomic E-state index is 0. The molecule has 0 aliphatic carbocycles. The molecule has 1 aromatic heterocycles. The fraction of sp³-hybridized carbons (Fsp3) is 0. The van der Waals surface area contributed by atoms with Gasteiger partial charge in [-0.2, -0.15) is 5.26 Å². The Morgan fingerprint density at radius 3 is 2.48 bits per heavy atom. The maximum Gasteiger partial charge on any atom is 0.103 e. The summed E-state index contributed by atoms with van der Waals surface area (Å²) in [6, 6.07) is 17.2. The van der Waals surface area contributed by atoms with Gasteiger partial charge in [-0.1, -0.05) is 29.8 Å². The van der Waals surface area contributed by atoms with Gasteiger partial charge in [-0.15, -0.1) is 12.4 Å². The van der Waals surface area contributed by atoms with E-state index in [2.05, 4.69) is 16.4 Å². The summed E-state index contributed by atoms with van der Waals surface area (Å²) in [6.07, 6.45) is 1.58. The monoisotopic (exact) mass is 315 g/mol. The van der Waals surface area contributed by atoms with Gasteiger partial charge in [-0.25, -0.2) is 0 Å². The minimum atomic E-state index is 0. The van der Waals surface area contributed by atoms with Crippen molar-refractivity contribution in [1.82, 2.24) is 4.98 Å². The van der Waals surface area contributed by atoms with Crippen LogP contribution >= 0.6 is 24.0 Å². The van der Waals surface area contributed by atoms with Crippen LogP contribution in [-0.2, 0) is 0 Å². The van der Waals surface area contributed by atoms with Crippen molar-refractivity contribution in [1.29, 1.82) is 5.26 Å². The molecule has 2 aromatic carbocycles. The molecular formula is C16H11Cl2N3. The van der Waals surface area contributed by atoms with Crippen molar-refractivity contribution in [3.05, 3.63) is 65.3 Å². The number of hydrogen-bond acceptors (Lipinski definition) is 3. The van der Waals surface area contributed by atoms with Crippen molar-refractivity contribution in [3.8, 4) is 6.07 Å². The quantitative estimate of drug-likeness (QED) is 0.729. The molecule has 104 valence electrons. The summed E-state index contributed by atoms with van der Waals surface area (Å²) < 4.78 is 0. The molecule has 0 fully saturated rings. The number of nitriles is 1. The third-order valence-electron chi connectivity index (χ3n) is 3.01. The van der Waals surface area contributed by atoms with E-state index in [0.717, 1.165) is 22.3 Å². The zero-order chi connectivity index (χ0) is 13.9. The number of anilines is 2. The van der Waals surface area contributed by atoms with Gasteiger partial charge >= 0.3 is 0 Å². The fourth-order valence-corrected chi connectivity index (χ4v) is 2.16. The van der Waals surface area contributed by atoms with E-state index in [0.29, 0.717) is 10.6 Å². The molecule has 0 amide bonds. The Morgan fingerprint density at radius 2 is 1.76 bits per heavy atom. The molecule has 1 N–H and O–H groups in total. The number of nitrogens with zero attached hydrogens (tertiary/aromatic N) is 2. The molecule has 0 aliphatic heterocycles. The van der Waals surface area contributed by atoms with Crippen molar-refractivity contribution in [3.63, 3.8) is 0 Å². The fourth-order valence-electron chi connectivity index (χ4n) is 2.04. The SMILES string of the molecule is Cl.N#Cc1cnc2ccccc2c1Nc1ccc(Cl)cc1. The van der Waals surface area contributed by atoms with E-state index in [-0.39, 0.29) is 12.4 Å². The maximum atomic E-state index is 9.25. The third kappa shape index (κ3) is 3.08. The van der Waals surface area contributed by atoms with Crippen LogP contribution in [0.2, 0.25) is 5.02 Å². The molecule has 0 spiro atoms. The van der Waals surface area contributed by atoms with Gasteiger partial charge in [0, 0.05) is 22.3 Å². The van der Waals surface area contributed by atoms with Gasteiger partial charge in [0.2, 0.25) is 0 Å². The van der Waals surface area contributed by atoms with Crippen LogP contribution in [0.15, 0.2) is 54.7 Å². The lowest BCUT2D eigenvalue weighted by molar-refractivity contribution is 1.36. The molecule has 0 unspecified atom stereocenters. The molecule has 0 bridgehead atoms. The lowest BCUT2D eigenvalue weighted by atomic mass is 10.1. The van der Waals surface area contributed by atoms with Gasteiger partial charge in [0.15, 0.2) is 0 Å². The van der Waals surface area contributed by atoms with Gasteiger partial charge in [0.05, 0.1) is 16.8 Å². The van der Waals surface area contributed by atoms with Crippen LogP contribution in [-0.4, -0.2) is 4.98 Å². The number of rotatable bonds is 2. The third-order valence-corrected chi connectivity index (χ3v) is 3.26. The Labute approximate surface area is 133 Å². The first-order chi connectivity index (χ1) is 9.78. The van der Waals surface area contributed by atoms with E-state index in [4.69, 9.17) is 11.6 Å². The largest absolute Gasteiger partial charge is 0.354 e. The Kier molecular flexibility index (Phi) is 4.64. The Hall–Kier alpha value is -2.28. The molecule has 5 heteroatoms. The Balaban J connectivity index is 0.00000161. The van der Waals surface area contributed by atoms with Gasteiger partial charge in [-0.05, 0) is 30.3 Å². The molecular weight excluding hydrogens is 305 g/mol. The van der Waals surface area contributed by atoms with Crippen LogP contribution < -0.4 is 5.32 Å². The minimum Gasteiger partial charge on any atom is -0.354 e. The number of fused-ring (bicyclic) bond motifs is 1. The van der Waals surface area contributed by atoms with Crippen LogP contribution in [0.3, 0.4) is 0 Å². The molecule has 0 saturated carbocycles. The van der Waals surface area contributed by atoms with Crippen LogP contribution in [0.4, 0.5) is 11.4 Å². The molecule has 3 rings (SSSR count). The highest BCUT2D eigenvalue weighted by Crippen LogP contribution is 2.28. The number of halogens is 2.